The number of aliphatic hydroxyl groups is 1. The molecule has 0 radical (unpaired) electrons. The van der Waals surface area contributed by atoms with Gasteiger partial charge < -0.3 is 5.11 Å². The van der Waals surface area contributed by atoms with Crippen molar-refractivity contribution >= 4 is 0 Å². The van der Waals surface area contributed by atoms with E-state index >= 15 is 0 Å². The van der Waals surface area contributed by atoms with Gasteiger partial charge in [0.2, 0.25) is 0 Å². The standard InChI is InChI=1S/C8H16F2O.C8H17F/c1-5(2)6(3)7(11)8(4,9)10;1-6(2)7(3)8(4,5)9/h5-7,11H,1-4H3;6-7H,1-5H3. The second-order valence-electron chi connectivity index (χ2n) is 7.10. The average molecular weight is 298 g/mol. The number of hydrogen-bond acceptors (Lipinski definition) is 1. The number of alkyl halides is 3. The van der Waals surface area contributed by atoms with Crippen LogP contribution >= 0.6 is 0 Å². The fourth-order valence-electron chi connectivity index (χ4n) is 1.62. The molecule has 3 unspecified atom stereocenters. The Morgan fingerprint density at radius 2 is 1.10 bits per heavy atom. The summed E-state index contributed by atoms with van der Waals surface area (Å²) >= 11 is 0. The fraction of sp³-hybridized carbons (Fsp3) is 1.00. The predicted octanol–water partition coefficient (Wildman–Crippen LogP) is 5.32. The van der Waals surface area contributed by atoms with Gasteiger partial charge in [0.1, 0.15) is 11.8 Å². The van der Waals surface area contributed by atoms with Crippen molar-refractivity contribution in [2.24, 2.45) is 23.7 Å². The number of halogens is 3. The number of rotatable bonds is 5. The number of aliphatic hydroxyl groups excluding tert-OH is 1. The maximum absolute atomic E-state index is 13.0. The first kappa shape index (κ1) is 22.0. The lowest BCUT2D eigenvalue weighted by Gasteiger charge is -2.26. The van der Waals surface area contributed by atoms with E-state index in [4.69, 9.17) is 5.11 Å². The topological polar surface area (TPSA) is 20.2 Å². The molecule has 0 heterocycles. The molecule has 0 aromatic carbocycles. The highest BCUT2D eigenvalue weighted by Crippen LogP contribution is 2.27. The SMILES string of the molecule is CC(C)C(C)C(C)(C)F.CC(C)C(C)C(O)C(C)(F)F. The van der Waals surface area contributed by atoms with Gasteiger partial charge in [-0.25, -0.2) is 13.2 Å². The van der Waals surface area contributed by atoms with Crippen molar-refractivity contribution in [3.8, 4) is 0 Å². The fourth-order valence-corrected chi connectivity index (χ4v) is 1.62. The van der Waals surface area contributed by atoms with Crippen molar-refractivity contribution in [3.63, 3.8) is 0 Å². The van der Waals surface area contributed by atoms with Gasteiger partial charge in [-0.1, -0.05) is 41.5 Å². The second kappa shape index (κ2) is 8.26. The highest BCUT2D eigenvalue weighted by Gasteiger charge is 2.37. The maximum atomic E-state index is 13.0. The largest absolute Gasteiger partial charge is 0.387 e. The summed E-state index contributed by atoms with van der Waals surface area (Å²) in [4.78, 5) is 0. The summed E-state index contributed by atoms with van der Waals surface area (Å²) in [6.07, 6.45) is -1.53. The molecule has 0 aromatic heterocycles. The van der Waals surface area contributed by atoms with Crippen LogP contribution in [0.2, 0.25) is 0 Å². The minimum Gasteiger partial charge on any atom is -0.387 e. The Morgan fingerprint density at radius 1 is 0.750 bits per heavy atom. The molecular weight excluding hydrogens is 265 g/mol. The van der Waals surface area contributed by atoms with Gasteiger partial charge in [0.25, 0.3) is 5.92 Å². The lowest BCUT2D eigenvalue weighted by molar-refractivity contribution is -0.122. The van der Waals surface area contributed by atoms with E-state index in [0.29, 0.717) is 5.92 Å². The zero-order valence-corrected chi connectivity index (χ0v) is 14.5. The Balaban J connectivity index is 0. The minimum absolute atomic E-state index is 0.0795. The molecule has 0 saturated heterocycles. The Bertz CT molecular complexity index is 251. The molecule has 0 aromatic rings. The summed E-state index contributed by atoms with van der Waals surface area (Å²) in [6.45, 7) is 15.3. The van der Waals surface area contributed by atoms with Gasteiger partial charge in [-0.15, -0.1) is 0 Å². The zero-order chi connectivity index (χ0) is 16.9. The molecule has 0 bridgehead atoms. The van der Waals surface area contributed by atoms with Crippen LogP contribution in [-0.2, 0) is 0 Å². The Hall–Kier alpha value is -0.250. The van der Waals surface area contributed by atoms with Gasteiger partial charge in [0.15, 0.2) is 0 Å². The van der Waals surface area contributed by atoms with E-state index in [1.54, 1.807) is 20.8 Å². The minimum atomic E-state index is -2.98. The highest BCUT2D eigenvalue weighted by atomic mass is 19.3. The molecule has 4 heteroatoms. The highest BCUT2D eigenvalue weighted by molar-refractivity contribution is 4.78. The van der Waals surface area contributed by atoms with Crippen LogP contribution in [-0.4, -0.2) is 22.8 Å². The van der Waals surface area contributed by atoms with Crippen LogP contribution < -0.4 is 0 Å². The molecular formula is C16H33F3O. The molecule has 0 rings (SSSR count). The summed E-state index contributed by atoms with van der Waals surface area (Å²) < 4.78 is 38.0. The van der Waals surface area contributed by atoms with Crippen LogP contribution in [0.4, 0.5) is 13.2 Å². The summed E-state index contributed by atoms with van der Waals surface area (Å²) in [5, 5.41) is 9.07. The molecule has 20 heavy (non-hydrogen) atoms. The van der Waals surface area contributed by atoms with Gasteiger partial charge in [0.05, 0.1) is 0 Å². The van der Waals surface area contributed by atoms with Crippen LogP contribution in [0.5, 0.6) is 0 Å². The Kier molecular flexibility index (Phi) is 9.10. The monoisotopic (exact) mass is 298 g/mol. The number of hydrogen-bond donors (Lipinski definition) is 1. The van der Waals surface area contributed by atoms with Crippen molar-refractivity contribution in [2.75, 3.05) is 0 Å². The van der Waals surface area contributed by atoms with Crippen LogP contribution in [0.3, 0.4) is 0 Å². The van der Waals surface area contributed by atoms with Gasteiger partial charge in [-0.2, -0.15) is 0 Å². The van der Waals surface area contributed by atoms with Gasteiger partial charge in [-0.05, 0) is 37.5 Å². The lowest BCUT2D eigenvalue weighted by atomic mass is 9.85. The van der Waals surface area contributed by atoms with E-state index < -0.39 is 17.7 Å². The van der Waals surface area contributed by atoms with Crippen molar-refractivity contribution in [1.29, 1.82) is 0 Å². The molecule has 0 amide bonds. The first-order valence-electron chi connectivity index (χ1n) is 7.37. The van der Waals surface area contributed by atoms with E-state index in [0.717, 1.165) is 6.92 Å². The van der Waals surface area contributed by atoms with Crippen LogP contribution in [0, 0.1) is 23.7 Å². The van der Waals surface area contributed by atoms with Gasteiger partial charge >= 0.3 is 0 Å². The van der Waals surface area contributed by atoms with Crippen LogP contribution in [0.15, 0.2) is 0 Å². The van der Waals surface area contributed by atoms with E-state index in [1.165, 1.54) is 0 Å². The van der Waals surface area contributed by atoms with Gasteiger partial charge in [-0.3, -0.25) is 0 Å². The van der Waals surface area contributed by atoms with Gasteiger partial charge in [0, 0.05) is 6.92 Å². The third kappa shape index (κ3) is 8.83. The maximum Gasteiger partial charge on any atom is 0.270 e. The van der Waals surface area contributed by atoms with Crippen molar-refractivity contribution in [3.05, 3.63) is 0 Å². The first-order chi connectivity index (χ1) is 8.62. The third-order valence-electron chi connectivity index (χ3n) is 4.15. The summed E-state index contributed by atoms with van der Waals surface area (Å²) in [5.41, 5.74) is -1.02. The molecule has 0 aliphatic heterocycles. The summed E-state index contributed by atoms with van der Waals surface area (Å²) in [5.74, 6) is -2.68. The van der Waals surface area contributed by atoms with E-state index in [-0.39, 0.29) is 17.8 Å². The molecule has 1 nitrogen and oxygen atoms in total. The van der Waals surface area contributed by atoms with E-state index in [9.17, 15) is 13.2 Å². The zero-order valence-electron chi connectivity index (χ0n) is 14.5. The molecule has 3 atom stereocenters. The Labute approximate surface area is 123 Å². The average Bonchev–Trinajstić information content (AvgIpc) is 2.23. The first-order valence-corrected chi connectivity index (χ1v) is 7.37. The molecule has 0 fully saturated rings. The van der Waals surface area contributed by atoms with Crippen molar-refractivity contribution < 1.29 is 18.3 Å². The molecule has 1 N–H and O–H groups in total. The van der Waals surface area contributed by atoms with Crippen molar-refractivity contribution in [2.45, 2.75) is 80.0 Å². The quantitative estimate of drug-likeness (QED) is 0.728. The van der Waals surface area contributed by atoms with Crippen molar-refractivity contribution in [1.82, 2.24) is 0 Å². The predicted molar refractivity (Wildman–Crippen MR) is 79.8 cm³/mol. The summed E-state index contributed by atoms with van der Waals surface area (Å²) in [7, 11) is 0. The van der Waals surface area contributed by atoms with E-state index in [2.05, 4.69) is 0 Å². The Morgan fingerprint density at radius 3 is 1.15 bits per heavy atom. The van der Waals surface area contributed by atoms with E-state index in [1.807, 2.05) is 34.6 Å². The molecule has 124 valence electrons. The molecule has 0 saturated carbocycles. The molecule has 0 spiro atoms. The third-order valence-corrected chi connectivity index (χ3v) is 4.15. The molecule has 0 aliphatic rings. The van der Waals surface area contributed by atoms with Crippen LogP contribution in [0.25, 0.3) is 0 Å². The van der Waals surface area contributed by atoms with Crippen LogP contribution in [0.1, 0.15) is 62.3 Å². The normalized spacial score (nSPS) is 17.6. The molecule has 0 aliphatic carbocycles. The smallest absolute Gasteiger partial charge is 0.270 e. The second-order valence-corrected chi connectivity index (χ2v) is 7.10. The summed E-state index contributed by atoms with van der Waals surface area (Å²) in [6, 6.07) is 0. The lowest BCUT2D eigenvalue weighted by Crippen LogP contribution is -2.37.